The first-order valence-corrected chi connectivity index (χ1v) is 8.30. The van der Waals surface area contributed by atoms with E-state index in [0.717, 1.165) is 0 Å². The van der Waals surface area contributed by atoms with Gasteiger partial charge in [0.15, 0.2) is 0 Å². The van der Waals surface area contributed by atoms with Crippen molar-refractivity contribution in [2.45, 2.75) is 11.8 Å². The van der Waals surface area contributed by atoms with Crippen molar-refractivity contribution < 1.29 is 13.4 Å². The lowest BCUT2D eigenvalue weighted by atomic mass is 10.3. The van der Waals surface area contributed by atoms with Crippen LogP contribution in [0.5, 0.6) is 0 Å². The molecule has 0 aliphatic rings. The largest absolute Gasteiger partial charge is 0.272 e. The van der Waals surface area contributed by atoms with Gasteiger partial charge in [-0.15, -0.1) is 6.42 Å². The summed E-state index contributed by atoms with van der Waals surface area (Å²) in [5.74, 6) is 3.12. The van der Waals surface area contributed by atoms with Gasteiger partial charge >= 0.3 is 0 Å². The first-order chi connectivity index (χ1) is 10.6. The molecule has 0 spiro atoms. The molecule has 0 aliphatic carbocycles. The van der Waals surface area contributed by atoms with Crippen LogP contribution in [-0.4, -0.2) is 21.5 Å². The molecule has 1 heterocycles. The van der Waals surface area contributed by atoms with E-state index in [9.17, 15) is 8.42 Å². The molecule has 1 aromatic heterocycles. The number of nitrogens with zero attached hydrogens (tertiary/aromatic N) is 1. The Hall–Kier alpha value is -2.52. The number of anilines is 2. The third-order valence-electron chi connectivity index (χ3n) is 3.08. The fourth-order valence-electron chi connectivity index (χ4n) is 2.04. The average Bonchev–Trinajstić information content (AvgIpc) is 2.55. The molecule has 0 saturated carbocycles. The Balaban J connectivity index is 2.31. The maximum atomic E-state index is 12.7. The molecule has 0 aliphatic heterocycles. The molecular weight excluding hydrogens is 298 g/mol. The minimum atomic E-state index is -3.61. The molecule has 2 rings (SSSR count). The summed E-state index contributed by atoms with van der Waals surface area (Å²) in [6.07, 6.45) is 6.63. The Morgan fingerprint density at radius 3 is 2.50 bits per heavy atom. The standard InChI is InChI=1S/C16H17N3O2S/c1-3-12-17-16-11-10-15(13-18-16)22(20,21)19(4-2)14-8-6-5-7-9-14/h1,5-11,13H,4,12H2,2H3,(H,17,18)/p+1. The zero-order chi connectivity index (χ0) is 16.0. The van der Waals surface area contributed by atoms with Crippen LogP contribution in [0.1, 0.15) is 6.92 Å². The molecule has 2 aromatic rings. The second kappa shape index (κ2) is 6.96. The SMILES string of the molecule is C#CCNc1ccc(S(=O)(=O)N(CC)c2ccccc2)c[nH+]1. The predicted molar refractivity (Wildman–Crippen MR) is 87.0 cm³/mol. The van der Waals surface area contributed by atoms with Gasteiger partial charge in [-0.25, -0.2) is 13.4 Å². The van der Waals surface area contributed by atoms with Gasteiger partial charge in [-0.1, -0.05) is 24.1 Å². The van der Waals surface area contributed by atoms with Gasteiger partial charge in [-0.2, -0.15) is 0 Å². The van der Waals surface area contributed by atoms with Crippen molar-refractivity contribution in [1.82, 2.24) is 0 Å². The van der Waals surface area contributed by atoms with Crippen molar-refractivity contribution in [3.63, 3.8) is 0 Å². The van der Waals surface area contributed by atoms with E-state index in [1.54, 1.807) is 31.2 Å². The van der Waals surface area contributed by atoms with Crippen LogP contribution in [0.4, 0.5) is 11.5 Å². The number of benzene rings is 1. The highest BCUT2D eigenvalue weighted by Crippen LogP contribution is 2.22. The number of nitrogens with one attached hydrogen (secondary N) is 2. The third-order valence-corrected chi connectivity index (χ3v) is 4.98. The van der Waals surface area contributed by atoms with Crippen LogP contribution in [0.2, 0.25) is 0 Å². The number of H-pyrrole nitrogens is 1. The van der Waals surface area contributed by atoms with Gasteiger partial charge in [-0.3, -0.25) is 9.62 Å². The topological polar surface area (TPSA) is 63.6 Å². The number of pyridine rings is 1. The fraction of sp³-hybridized carbons (Fsp3) is 0.188. The molecule has 6 heteroatoms. The molecule has 0 unspecified atom stereocenters. The van der Waals surface area contributed by atoms with Crippen LogP contribution in [0.25, 0.3) is 0 Å². The van der Waals surface area contributed by atoms with Crippen molar-refractivity contribution >= 4 is 21.5 Å². The second-order valence-electron chi connectivity index (χ2n) is 4.50. The van der Waals surface area contributed by atoms with E-state index >= 15 is 0 Å². The molecule has 0 saturated heterocycles. The van der Waals surface area contributed by atoms with Gasteiger partial charge in [-0.05, 0) is 25.1 Å². The van der Waals surface area contributed by atoms with Crippen LogP contribution >= 0.6 is 0 Å². The zero-order valence-electron chi connectivity index (χ0n) is 12.3. The van der Waals surface area contributed by atoms with Gasteiger partial charge in [0.1, 0.15) is 17.6 Å². The summed E-state index contributed by atoms with van der Waals surface area (Å²) in [7, 11) is -3.61. The van der Waals surface area contributed by atoms with Crippen molar-refractivity contribution in [2.24, 2.45) is 0 Å². The number of aromatic amines is 1. The molecule has 0 radical (unpaired) electrons. The van der Waals surface area contributed by atoms with Crippen molar-refractivity contribution in [2.75, 3.05) is 22.7 Å². The van der Waals surface area contributed by atoms with E-state index in [1.807, 2.05) is 18.2 Å². The van der Waals surface area contributed by atoms with Gasteiger partial charge in [0.2, 0.25) is 0 Å². The first kappa shape index (κ1) is 15.9. The van der Waals surface area contributed by atoms with Crippen molar-refractivity contribution in [3.05, 3.63) is 48.7 Å². The molecule has 1 aromatic carbocycles. The molecule has 0 fully saturated rings. The normalized spacial score (nSPS) is 10.7. The van der Waals surface area contributed by atoms with Gasteiger partial charge in [0.25, 0.3) is 15.8 Å². The van der Waals surface area contributed by atoms with Crippen LogP contribution in [-0.2, 0) is 10.0 Å². The quantitative estimate of drug-likeness (QED) is 0.826. The molecule has 0 atom stereocenters. The molecule has 0 bridgehead atoms. The van der Waals surface area contributed by atoms with Gasteiger partial charge in [0, 0.05) is 12.6 Å². The Bertz CT molecular complexity index is 750. The second-order valence-corrected chi connectivity index (χ2v) is 6.36. The Labute approximate surface area is 131 Å². The highest BCUT2D eigenvalue weighted by molar-refractivity contribution is 7.92. The number of aromatic nitrogens is 1. The number of terminal acetylenes is 1. The number of hydrogen-bond donors (Lipinski definition) is 1. The zero-order valence-corrected chi connectivity index (χ0v) is 13.1. The van der Waals surface area contributed by atoms with E-state index < -0.39 is 10.0 Å². The highest BCUT2D eigenvalue weighted by Gasteiger charge is 2.24. The van der Waals surface area contributed by atoms with E-state index in [-0.39, 0.29) is 4.90 Å². The Morgan fingerprint density at radius 1 is 1.23 bits per heavy atom. The lowest BCUT2D eigenvalue weighted by Gasteiger charge is -2.22. The number of para-hydroxylation sites is 1. The minimum absolute atomic E-state index is 0.199. The Morgan fingerprint density at radius 2 is 1.95 bits per heavy atom. The van der Waals surface area contributed by atoms with Crippen LogP contribution in [0.3, 0.4) is 0 Å². The fourth-order valence-corrected chi connectivity index (χ4v) is 3.48. The van der Waals surface area contributed by atoms with E-state index in [4.69, 9.17) is 6.42 Å². The summed E-state index contributed by atoms with van der Waals surface area (Å²) in [4.78, 5) is 3.09. The Kier molecular flexibility index (Phi) is 5.02. The average molecular weight is 316 g/mol. The van der Waals surface area contributed by atoms with Crippen molar-refractivity contribution in [3.8, 4) is 12.3 Å². The summed E-state index contributed by atoms with van der Waals surface area (Å²) in [5.41, 5.74) is 0.638. The van der Waals surface area contributed by atoms with E-state index in [0.29, 0.717) is 24.6 Å². The van der Waals surface area contributed by atoms with Gasteiger partial charge in [0.05, 0.1) is 5.69 Å². The summed E-state index contributed by atoms with van der Waals surface area (Å²) < 4.78 is 26.9. The summed E-state index contributed by atoms with van der Waals surface area (Å²) in [6.45, 7) is 2.52. The summed E-state index contributed by atoms with van der Waals surface area (Å²) >= 11 is 0. The monoisotopic (exact) mass is 316 g/mol. The molecule has 2 N–H and O–H groups in total. The maximum Gasteiger partial charge on any atom is 0.272 e. The molecule has 114 valence electrons. The number of sulfonamides is 1. The van der Waals surface area contributed by atoms with Crippen molar-refractivity contribution in [1.29, 1.82) is 0 Å². The molecule has 0 amide bonds. The number of hydrogen-bond acceptors (Lipinski definition) is 3. The predicted octanol–water partition coefficient (Wildman–Crippen LogP) is 1.76. The van der Waals surface area contributed by atoms with Crippen LogP contribution in [0, 0.1) is 12.3 Å². The lowest BCUT2D eigenvalue weighted by Crippen LogP contribution is -2.31. The third kappa shape index (κ3) is 3.38. The van der Waals surface area contributed by atoms with Crippen LogP contribution < -0.4 is 14.6 Å². The van der Waals surface area contributed by atoms with E-state index in [1.165, 1.54) is 10.5 Å². The van der Waals surface area contributed by atoms with Gasteiger partial charge < -0.3 is 0 Å². The lowest BCUT2D eigenvalue weighted by molar-refractivity contribution is -0.364. The van der Waals surface area contributed by atoms with Crippen LogP contribution in [0.15, 0.2) is 53.6 Å². The summed E-state index contributed by atoms with van der Waals surface area (Å²) in [5, 5.41) is 2.95. The minimum Gasteiger partial charge on any atom is -0.267 e. The highest BCUT2D eigenvalue weighted by atomic mass is 32.2. The molecular formula is C16H18N3O2S+. The van der Waals surface area contributed by atoms with E-state index in [2.05, 4.69) is 16.2 Å². The molecule has 5 nitrogen and oxygen atoms in total. The summed E-state index contributed by atoms with van der Waals surface area (Å²) in [6, 6.07) is 12.2. The maximum absolute atomic E-state index is 12.7. The number of rotatable bonds is 6. The first-order valence-electron chi connectivity index (χ1n) is 6.86. The molecule has 22 heavy (non-hydrogen) atoms. The smallest absolute Gasteiger partial charge is 0.267 e.